The lowest BCUT2D eigenvalue weighted by Crippen LogP contribution is -2.54. The number of amides is 3. The first-order chi connectivity index (χ1) is 15.1. The number of aliphatic hydroxyl groups is 1. The molecule has 0 fully saturated rings. The Morgan fingerprint density at radius 3 is 2.31 bits per heavy atom. The molecule has 0 aliphatic heterocycles. The zero-order valence-corrected chi connectivity index (χ0v) is 20.2. The van der Waals surface area contributed by atoms with Crippen LogP contribution in [0, 0.1) is 6.92 Å². The van der Waals surface area contributed by atoms with E-state index in [2.05, 4.69) is 17.6 Å². The Morgan fingerprint density at radius 1 is 1.12 bits per heavy atom. The van der Waals surface area contributed by atoms with E-state index in [4.69, 9.17) is 4.74 Å². The Morgan fingerprint density at radius 2 is 1.78 bits per heavy atom. The molecule has 0 spiro atoms. The van der Waals surface area contributed by atoms with Crippen LogP contribution in [-0.4, -0.2) is 59.3 Å². The average Bonchev–Trinajstić information content (AvgIpc) is 2.72. The lowest BCUT2D eigenvalue weighted by molar-refractivity contribution is -0.143. The molecule has 3 N–H and O–H groups in total. The monoisotopic (exact) mass is 449 g/mol. The summed E-state index contributed by atoms with van der Waals surface area (Å²) in [7, 11) is 0. The molecular weight excluding hydrogens is 410 g/mol. The van der Waals surface area contributed by atoms with Crippen molar-refractivity contribution in [1.29, 1.82) is 0 Å². The predicted octanol–water partition coefficient (Wildman–Crippen LogP) is 3.08. The summed E-state index contributed by atoms with van der Waals surface area (Å²) in [6.07, 6.45) is 2.07. The highest BCUT2D eigenvalue weighted by Crippen LogP contribution is 2.25. The van der Waals surface area contributed by atoms with Crippen molar-refractivity contribution in [3.05, 3.63) is 35.4 Å². The van der Waals surface area contributed by atoms with Gasteiger partial charge in [-0.1, -0.05) is 44.0 Å². The first kappa shape index (κ1) is 27.4. The minimum absolute atomic E-state index is 0.215. The molecule has 8 heteroatoms. The molecular formula is C24H39N3O5. The van der Waals surface area contributed by atoms with Crippen molar-refractivity contribution in [2.75, 3.05) is 19.7 Å². The number of aryl methyl sites for hydroxylation is 1. The molecule has 32 heavy (non-hydrogen) atoms. The molecule has 0 saturated heterocycles. The summed E-state index contributed by atoms with van der Waals surface area (Å²) in [5.74, 6) is -0.850. The third-order valence-electron chi connectivity index (χ3n) is 4.92. The average molecular weight is 450 g/mol. The molecule has 3 amide bonds. The Hall–Kier alpha value is -2.61. The van der Waals surface area contributed by atoms with E-state index in [0.29, 0.717) is 12.1 Å². The van der Waals surface area contributed by atoms with E-state index in [1.165, 1.54) is 4.90 Å². The molecule has 2 unspecified atom stereocenters. The maximum atomic E-state index is 13.3. The number of likely N-dealkylation sites (N-methyl/N-ethyl adjacent to an activating group) is 1. The molecule has 0 aliphatic carbocycles. The maximum Gasteiger partial charge on any atom is 0.408 e. The van der Waals surface area contributed by atoms with Gasteiger partial charge in [-0.3, -0.25) is 9.59 Å². The highest BCUT2D eigenvalue weighted by Gasteiger charge is 2.35. The molecule has 0 heterocycles. The number of rotatable bonds is 11. The number of aliphatic hydroxyl groups excluding tert-OH is 1. The molecule has 0 saturated carbocycles. The van der Waals surface area contributed by atoms with Crippen LogP contribution in [0.5, 0.6) is 0 Å². The van der Waals surface area contributed by atoms with Gasteiger partial charge in [0.15, 0.2) is 0 Å². The second-order valence-corrected chi connectivity index (χ2v) is 8.76. The molecule has 1 aromatic rings. The van der Waals surface area contributed by atoms with Crippen molar-refractivity contribution in [1.82, 2.24) is 15.5 Å². The van der Waals surface area contributed by atoms with Crippen LogP contribution in [0.2, 0.25) is 0 Å². The number of hydrogen-bond donors (Lipinski definition) is 3. The van der Waals surface area contributed by atoms with Gasteiger partial charge in [0.1, 0.15) is 17.7 Å². The van der Waals surface area contributed by atoms with Gasteiger partial charge in [-0.05, 0) is 52.2 Å². The number of alkyl carbamates (subject to hydrolysis) is 1. The molecule has 0 bridgehead atoms. The van der Waals surface area contributed by atoms with E-state index in [1.54, 1.807) is 27.7 Å². The second-order valence-electron chi connectivity index (χ2n) is 8.76. The van der Waals surface area contributed by atoms with Gasteiger partial charge in [-0.15, -0.1) is 0 Å². The summed E-state index contributed by atoms with van der Waals surface area (Å²) in [4.78, 5) is 40.1. The highest BCUT2D eigenvalue weighted by atomic mass is 16.6. The van der Waals surface area contributed by atoms with Gasteiger partial charge in [0, 0.05) is 13.1 Å². The van der Waals surface area contributed by atoms with Crippen LogP contribution in [0.25, 0.3) is 0 Å². The number of hydrogen-bond acceptors (Lipinski definition) is 5. The topological polar surface area (TPSA) is 108 Å². The van der Waals surface area contributed by atoms with Crippen LogP contribution >= 0.6 is 0 Å². The first-order valence-electron chi connectivity index (χ1n) is 11.3. The lowest BCUT2D eigenvalue weighted by atomic mass is 9.98. The van der Waals surface area contributed by atoms with Crippen molar-refractivity contribution in [3.63, 3.8) is 0 Å². The van der Waals surface area contributed by atoms with Crippen LogP contribution in [0.3, 0.4) is 0 Å². The van der Waals surface area contributed by atoms with Gasteiger partial charge >= 0.3 is 6.09 Å². The van der Waals surface area contributed by atoms with Gasteiger partial charge in [-0.25, -0.2) is 4.79 Å². The van der Waals surface area contributed by atoms with Gasteiger partial charge in [0.05, 0.1) is 6.61 Å². The van der Waals surface area contributed by atoms with Crippen LogP contribution in [0.1, 0.15) is 71.0 Å². The van der Waals surface area contributed by atoms with Crippen molar-refractivity contribution < 1.29 is 24.2 Å². The van der Waals surface area contributed by atoms with Crippen molar-refractivity contribution in [2.45, 2.75) is 78.5 Å². The predicted molar refractivity (Wildman–Crippen MR) is 124 cm³/mol. The highest BCUT2D eigenvalue weighted by molar-refractivity contribution is 5.92. The molecule has 2 atom stereocenters. The second kappa shape index (κ2) is 13.1. The zero-order chi connectivity index (χ0) is 24.3. The summed E-state index contributed by atoms with van der Waals surface area (Å²) in [6, 6.07) is 5.27. The van der Waals surface area contributed by atoms with Gasteiger partial charge < -0.3 is 25.4 Å². The minimum Gasteiger partial charge on any atom is -0.444 e. The summed E-state index contributed by atoms with van der Waals surface area (Å²) in [6.45, 7) is 11.0. The van der Waals surface area contributed by atoms with E-state index >= 15 is 0 Å². The van der Waals surface area contributed by atoms with Crippen LogP contribution < -0.4 is 10.6 Å². The van der Waals surface area contributed by atoms with E-state index in [1.807, 2.05) is 31.2 Å². The summed E-state index contributed by atoms with van der Waals surface area (Å²) < 4.78 is 5.21. The Bertz CT molecular complexity index is 760. The van der Waals surface area contributed by atoms with Gasteiger partial charge in [0.25, 0.3) is 0 Å². The van der Waals surface area contributed by atoms with E-state index < -0.39 is 36.3 Å². The lowest BCUT2D eigenvalue weighted by Gasteiger charge is -2.34. The third-order valence-corrected chi connectivity index (χ3v) is 4.92. The third kappa shape index (κ3) is 8.49. The normalized spacial score (nSPS) is 13.1. The molecule has 1 rings (SSSR count). The summed E-state index contributed by atoms with van der Waals surface area (Å²) >= 11 is 0. The molecule has 1 aromatic carbocycles. The number of benzene rings is 1. The number of carbonyl (C=O) groups is 3. The Labute approximate surface area is 191 Å². The van der Waals surface area contributed by atoms with Crippen molar-refractivity contribution in [3.8, 4) is 0 Å². The zero-order valence-electron chi connectivity index (χ0n) is 20.2. The number of nitrogens with one attached hydrogen (secondary N) is 2. The minimum atomic E-state index is -1.23. The maximum absolute atomic E-state index is 13.3. The quantitative estimate of drug-likeness (QED) is 0.450. The van der Waals surface area contributed by atoms with E-state index in [9.17, 15) is 19.5 Å². The fourth-order valence-corrected chi connectivity index (χ4v) is 3.33. The molecule has 0 aromatic heterocycles. The summed E-state index contributed by atoms with van der Waals surface area (Å²) in [5.41, 5.74) is 0.817. The first-order valence-corrected chi connectivity index (χ1v) is 11.3. The van der Waals surface area contributed by atoms with E-state index in [-0.39, 0.29) is 12.5 Å². The summed E-state index contributed by atoms with van der Waals surface area (Å²) in [5, 5.41) is 15.2. The molecule has 180 valence electrons. The molecule has 8 nitrogen and oxygen atoms in total. The van der Waals surface area contributed by atoms with E-state index in [0.717, 1.165) is 24.8 Å². The Balaban J connectivity index is 3.17. The fourth-order valence-electron chi connectivity index (χ4n) is 3.33. The number of unbranched alkanes of at least 4 members (excludes halogenated alkanes) is 2. The number of carbonyl (C=O) groups excluding carboxylic acids is 3. The largest absolute Gasteiger partial charge is 0.444 e. The SMILES string of the molecule is CCCCCNC(=O)C(c1ccccc1C)N(CC)C(=O)C(CO)NC(=O)OC(C)(C)C. The van der Waals surface area contributed by atoms with Crippen LogP contribution in [0.15, 0.2) is 24.3 Å². The number of nitrogens with zero attached hydrogens (tertiary/aromatic N) is 1. The van der Waals surface area contributed by atoms with Gasteiger partial charge in [0.2, 0.25) is 11.8 Å². The smallest absolute Gasteiger partial charge is 0.408 e. The fraction of sp³-hybridized carbons (Fsp3) is 0.625. The Kier molecular flexibility index (Phi) is 11.2. The standard InChI is InChI=1S/C24H39N3O5/c1-7-9-12-15-25-21(29)20(18-14-11-10-13-17(18)3)27(8-2)22(30)19(16-28)26-23(31)32-24(4,5)6/h10-11,13-14,19-20,28H,7-9,12,15-16H2,1-6H3,(H,25,29)(H,26,31). The van der Waals surface area contributed by atoms with Crippen LogP contribution in [-0.2, 0) is 14.3 Å². The van der Waals surface area contributed by atoms with Gasteiger partial charge in [-0.2, -0.15) is 0 Å². The van der Waals surface area contributed by atoms with Crippen LogP contribution in [0.4, 0.5) is 4.79 Å². The molecule has 0 aliphatic rings. The van der Waals surface area contributed by atoms with Crippen molar-refractivity contribution >= 4 is 17.9 Å². The number of ether oxygens (including phenoxy) is 1. The molecule has 0 radical (unpaired) electrons. The van der Waals surface area contributed by atoms with Crippen molar-refractivity contribution in [2.24, 2.45) is 0 Å².